The Hall–Kier alpha value is -2.94. The van der Waals surface area contributed by atoms with Crippen LogP contribution in [0.2, 0.25) is 5.02 Å². The highest BCUT2D eigenvalue weighted by Crippen LogP contribution is 2.39. The third kappa shape index (κ3) is 5.12. The van der Waals surface area contributed by atoms with Gasteiger partial charge < -0.3 is 9.84 Å². The van der Waals surface area contributed by atoms with Crippen LogP contribution >= 0.6 is 23.4 Å². The molecule has 4 nitrogen and oxygen atoms in total. The highest BCUT2D eigenvalue weighted by Gasteiger charge is 2.30. The van der Waals surface area contributed by atoms with Crippen LogP contribution in [0, 0.1) is 17.5 Å². The number of benzene rings is 3. The van der Waals surface area contributed by atoms with E-state index in [1.807, 2.05) is 30.5 Å². The van der Waals surface area contributed by atoms with E-state index in [0.717, 1.165) is 35.2 Å². The van der Waals surface area contributed by atoms with Gasteiger partial charge in [0.15, 0.2) is 5.16 Å². The van der Waals surface area contributed by atoms with Crippen molar-refractivity contribution < 1.29 is 23.0 Å². The van der Waals surface area contributed by atoms with Crippen LogP contribution in [0.4, 0.5) is 13.2 Å². The maximum Gasteiger partial charge on any atom is 0.173 e. The summed E-state index contributed by atoms with van der Waals surface area (Å²) < 4.78 is 50.0. The summed E-state index contributed by atoms with van der Waals surface area (Å²) >= 11 is 7.38. The van der Waals surface area contributed by atoms with Crippen LogP contribution in [-0.4, -0.2) is 21.8 Å². The van der Waals surface area contributed by atoms with E-state index < -0.39 is 23.7 Å². The van der Waals surface area contributed by atoms with E-state index in [0.29, 0.717) is 21.6 Å². The van der Waals surface area contributed by atoms with Gasteiger partial charge in [0, 0.05) is 22.4 Å². The number of hydrogen-bond donors (Lipinski definition) is 1. The van der Waals surface area contributed by atoms with Gasteiger partial charge in [-0.2, -0.15) is 0 Å². The first-order valence-corrected chi connectivity index (χ1v) is 12.4. The summed E-state index contributed by atoms with van der Waals surface area (Å²) in [5.74, 6) is -1.36. The Kier molecular flexibility index (Phi) is 7.68. The highest BCUT2D eigenvalue weighted by atomic mass is 35.5. The lowest BCUT2D eigenvalue weighted by molar-refractivity contribution is 0.280. The van der Waals surface area contributed by atoms with Crippen molar-refractivity contribution in [3.8, 4) is 11.4 Å². The molecule has 9 heteroatoms. The molecule has 188 valence electrons. The third-order valence-electron chi connectivity index (χ3n) is 6.06. The van der Waals surface area contributed by atoms with Crippen molar-refractivity contribution in [1.82, 2.24) is 9.55 Å². The molecule has 0 amide bonds. The van der Waals surface area contributed by atoms with Gasteiger partial charge in [0.05, 0.1) is 30.6 Å². The molecule has 36 heavy (non-hydrogen) atoms. The predicted molar refractivity (Wildman–Crippen MR) is 135 cm³/mol. The molecule has 0 fully saturated rings. The number of ether oxygens (including phenoxy) is 1. The molecular formula is C27H24ClF3N2O2S. The quantitative estimate of drug-likeness (QED) is 0.247. The van der Waals surface area contributed by atoms with Crippen LogP contribution in [0.3, 0.4) is 0 Å². The number of imidazole rings is 1. The summed E-state index contributed by atoms with van der Waals surface area (Å²) in [7, 11) is 1.54. The van der Waals surface area contributed by atoms with E-state index >= 15 is 0 Å². The highest BCUT2D eigenvalue weighted by molar-refractivity contribution is 7.98. The Balaban J connectivity index is 1.78. The molecule has 0 atom stereocenters. The van der Waals surface area contributed by atoms with Crippen LogP contribution in [0.1, 0.15) is 36.2 Å². The number of aliphatic hydroxyl groups is 1. The van der Waals surface area contributed by atoms with Gasteiger partial charge in [-0.25, -0.2) is 18.2 Å². The minimum atomic E-state index is -0.736. The molecule has 0 radical (unpaired) electrons. The number of rotatable bonds is 8. The second-order valence-corrected chi connectivity index (χ2v) is 10.0. The summed E-state index contributed by atoms with van der Waals surface area (Å²) in [6.07, 6.45) is 1.70. The van der Waals surface area contributed by atoms with Gasteiger partial charge in [0.25, 0.3) is 0 Å². The van der Waals surface area contributed by atoms with Crippen molar-refractivity contribution in [2.24, 2.45) is 0 Å². The van der Waals surface area contributed by atoms with Crippen molar-refractivity contribution >= 4 is 23.4 Å². The van der Waals surface area contributed by atoms with Crippen LogP contribution in [-0.2, 0) is 17.8 Å². The summed E-state index contributed by atoms with van der Waals surface area (Å²) in [6, 6.07) is 13.7. The van der Waals surface area contributed by atoms with Crippen molar-refractivity contribution in [3.63, 3.8) is 0 Å². The molecule has 1 heterocycles. The molecule has 4 aromatic rings. The molecule has 1 N–H and O–H groups in total. The van der Waals surface area contributed by atoms with E-state index in [1.54, 1.807) is 31.5 Å². The van der Waals surface area contributed by atoms with Crippen molar-refractivity contribution in [2.75, 3.05) is 7.11 Å². The monoisotopic (exact) mass is 532 g/mol. The van der Waals surface area contributed by atoms with E-state index in [-0.39, 0.29) is 22.7 Å². The topological polar surface area (TPSA) is 47.3 Å². The maximum absolute atomic E-state index is 14.5. The van der Waals surface area contributed by atoms with Crippen molar-refractivity contribution in [3.05, 3.63) is 106 Å². The van der Waals surface area contributed by atoms with E-state index in [9.17, 15) is 18.3 Å². The average molecular weight is 533 g/mol. The van der Waals surface area contributed by atoms with Gasteiger partial charge in [-0.3, -0.25) is 4.57 Å². The molecule has 0 unspecified atom stereocenters. The number of aromatic nitrogens is 2. The largest absolute Gasteiger partial charge is 0.495 e. The lowest BCUT2D eigenvalue weighted by Gasteiger charge is -2.28. The molecule has 1 aromatic heterocycles. The Labute approximate surface area is 216 Å². The Morgan fingerprint density at radius 2 is 1.69 bits per heavy atom. The van der Waals surface area contributed by atoms with Gasteiger partial charge >= 0.3 is 0 Å². The minimum absolute atomic E-state index is 0.0315. The molecule has 0 aliphatic carbocycles. The fraction of sp³-hybridized carbons (Fsp3) is 0.222. The van der Waals surface area contributed by atoms with E-state index in [2.05, 4.69) is 4.98 Å². The Bertz CT molecular complexity index is 1370. The normalized spacial score (nSPS) is 11.7. The fourth-order valence-corrected chi connectivity index (χ4v) is 5.14. The smallest absolute Gasteiger partial charge is 0.173 e. The molecule has 0 saturated carbocycles. The molecule has 0 saturated heterocycles. The zero-order valence-electron chi connectivity index (χ0n) is 19.9. The summed E-state index contributed by atoms with van der Waals surface area (Å²) in [5.41, 5.74) is 1.77. The van der Waals surface area contributed by atoms with Gasteiger partial charge in [0.2, 0.25) is 0 Å². The molecule has 3 aromatic carbocycles. The zero-order valence-corrected chi connectivity index (χ0v) is 21.4. The summed E-state index contributed by atoms with van der Waals surface area (Å²) in [6.45, 7) is 3.56. The first-order valence-electron chi connectivity index (χ1n) is 11.0. The number of hydrogen-bond acceptors (Lipinski definition) is 4. The number of thioether (sulfide) groups is 1. The molecule has 0 spiro atoms. The summed E-state index contributed by atoms with van der Waals surface area (Å²) in [4.78, 5) is 4.56. The van der Waals surface area contributed by atoms with Gasteiger partial charge in [-0.15, -0.1) is 0 Å². The average Bonchev–Trinajstić information content (AvgIpc) is 3.28. The number of nitrogens with zero attached hydrogens (tertiary/aromatic N) is 2. The number of aliphatic hydroxyl groups excluding tert-OH is 1. The van der Waals surface area contributed by atoms with Crippen molar-refractivity contribution in [2.45, 2.75) is 36.8 Å². The maximum atomic E-state index is 14.5. The van der Waals surface area contributed by atoms with E-state index in [4.69, 9.17) is 16.3 Å². The first kappa shape index (κ1) is 26.1. The third-order valence-corrected chi connectivity index (χ3v) is 7.35. The second kappa shape index (κ2) is 10.6. The first-order chi connectivity index (χ1) is 17.1. The Morgan fingerprint density at radius 3 is 2.31 bits per heavy atom. The molecular weight excluding hydrogens is 509 g/mol. The zero-order chi connectivity index (χ0) is 26.0. The standard InChI is InChI=1S/C27H24ClF3N2O2S/c1-27(2,17-4-9-21(28)24(12-17)35-3)25-13-32-26(33(25)19-7-5-18(29)6-8-19)36-15-20-22(30)10-16(14-34)11-23(20)31/h4-13,34H,14-15H2,1-3H3. The lowest BCUT2D eigenvalue weighted by atomic mass is 9.81. The van der Waals surface area contributed by atoms with Gasteiger partial charge in [-0.05, 0) is 59.7 Å². The number of methoxy groups -OCH3 is 1. The molecule has 4 rings (SSSR count). The van der Waals surface area contributed by atoms with Crippen molar-refractivity contribution in [1.29, 1.82) is 0 Å². The molecule has 0 aliphatic heterocycles. The second-order valence-electron chi connectivity index (χ2n) is 8.70. The van der Waals surface area contributed by atoms with Gasteiger partial charge in [0.1, 0.15) is 23.2 Å². The van der Waals surface area contributed by atoms with Crippen LogP contribution in [0.25, 0.3) is 5.69 Å². The summed E-state index contributed by atoms with van der Waals surface area (Å²) in [5, 5.41) is 10.2. The van der Waals surface area contributed by atoms with Gasteiger partial charge in [-0.1, -0.05) is 43.3 Å². The minimum Gasteiger partial charge on any atom is -0.495 e. The molecule has 0 aliphatic rings. The Morgan fingerprint density at radius 1 is 1.03 bits per heavy atom. The fourth-order valence-electron chi connectivity index (χ4n) is 3.94. The lowest BCUT2D eigenvalue weighted by Crippen LogP contribution is -2.23. The molecule has 0 bridgehead atoms. The van der Waals surface area contributed by atoms with Crippen LogP contribution < -0.4 is 4.74 Å². The predicted octanol–water partition coefficient (Wildman–Crippen LogP) is 7.06. The van der Waals surface area contributed by atoms with Crippen LogP contribution in [0.5, 0.6) is 5.75 Å². The number of halogens is 4. The van der Waals surface area contributed by atoms with Crippen LogP contribution in [0.15, 0.2) is 66.0 Å². The SMILES string of the molecule is COc1cc(C(C)(C)c2cnc(SCc3c(F)cc(CO)cc3F)n2-c2ccc(F)cc2)ccc1Cl. The van der Waals surface area contributed by atoms with E-state index in [1.165, 1.54) is 12.1 Å².